The monoisotopic (exact) mass is 261 g/mol. The molecule has 1 aromatic rings. The highest BCUT2D eigenvalue weighted by Crippen LogP contribution is 2.18. The average Bonchev–Trinajstić information content (AvgIpc) is 3.14. The molecule has 19 heavy (non-hydrogen) atoms. The molecule has 0 heterocycles. The number of hydrogen-bond acceptors (Lipinski definition) is 3. The third kappa shape index (κ3) is 3.47. The van der Waals surface area contributed by atoms with Gasteiger partial charge in [-0.3, -0.25) is 9.59 Å². The van der Waals surface area contributed by atoms with E-state index >= 15 is 0 Å². The first-order valence-electron chi connectivity index (χ1n) is 6.41. The second-order valence-corrected chi connectivity index (χ2v) is 5.05. The minimum atomic E-state index is -0.268. The summed E-state index contributed by atoms with van der Waals surface area (Å²) in [4.78, 5) is 23.5. The molecule has 1 aromatic carbocycles. The van der Waals surface area contributed by atoms with Gasteiger partial charge in [-0.1, -0.05) is 6.07 Å². The number of benzene rings is 1. The average molecular weight is 261 g/mol. The van der Waals surface area contributed by atoms with Crippen LogP contribution in [-0.4, -0.2) is 24.4 Å². The van der Waals surface area contributed by atoms with Crippen LogP contribution in [0.25, 0.3) is 0 Å². The van der Waals surface area contributed by atoms with Crippen LogP contribution in [0.1, 0.15) is 34.3 Å². The predicted molar refractivity (Wildman–Crippen MR) is 73.8 cm³/mol. The maximum absolute atomic E-state index is 12.0. The van der Waals surface area contributed by atoms with Gasteiger partial charge in [0.15, 0.2) is 0 Å². The molecule has 1 aliphatic rings. The standard InChI is InChI=1S/C14H19N3O2/c1-8-5-9(2)12(15)6-11(8)14(19)16-7-13(18)17-10-3-4-10/h5-6,10H,3-4,7,15H2,1-2H3,(H,16,19)(H,17,18). The van der Waals surface area contributed by atoms with Gasteiger partial charge >= 0.3 is 0 Å². The van der Waals surface area contributed by atoms with E-state index in [1.54, 1.807) is 6.07 Å². The Hall–Kier alpha value is -2.04. The Labute approximate surface area is 112 Å². The number of rotatable bonds is 4. The molecule has 1 fully saturated rings. The molecule has 0 aromatic heterocycles. The molecule has 1 aliphatic carbocycles. The normalized spacial score (nSPS) is 14.0. The zero-order valence-corrected chi connectivity index (χ0v) is 11.2. The highest BCUT2D eigenvalue weighted by atomic mass is 16.2. The van der Waals surface area contributed by atoms with Gasteiger partial charge in [-0.25, -0.2) is 0 Å². The van der Waals surface area contributed by atoms with E-state index in [0.717, 1.165) is 24.0 Å². The molecule has 0 aliphatic heterocycles. The molecular formula is C14H19N3O2. The third-order valence-corrected chi connectivity index (χ3v) is 3.21. The fourth-order valence-corrected chi connectivity index (χ4v) is 1.88. The van der Waals surface area contributed by atoms with Gasteiger partial charge in [0.25, 0.3) is 5.91 Å². The van der Waals surface area contributed by atoms with E-state index < -0.39 is 0 Å². The molecule has 0 unspecified atom stereocenters. The van der Waals surface area contributed by atoms with Crippen LogP contribution in [0, 0.1) is 13.8 Å². The smallest absolute Gasteiger partial charge is 0.252 e. The lowest BCUT2D eigenvalue weighted by atomic mass is 10.0. The van der Waals surface area contributed by atoms with Crippen molar-refractivity contribution >= 4 is 17.5 Å². The fraction of sp³-hybridized carbons (Fsp3) is 0.429. The SMILES string of the molecule is Cc1cc(C)c(C(=O)NCC(=O)NC2CC2)cc1N. The molecule has 4 N–H and O–H groups in total. The van der Waals surface area contributed by atoms with Crippen LogP contribution in [0.2, 0.25) is 0 Å². The molecule has 2 amide bonds. The number of aryl methyl sites for hydroxylation is 2. The Kier molecular flexibility index (Phi) is 3.74. The van der Waals surface area contributed by atoms with Gasteiger partial charge in [0.05, 0.1) is 6.54 Å². The Bertz CT molecular complexity index is 522. The van der Waals surface area contributed by atoms with Gasteiger partial charge in [0.1, 0.15) is 0 Å². The van der Waals surface area contributed by atoms with Crippen molar-refractivity contribution in [1.82, 2.24) is 10.6 Å². The number of carbonyl (C=O) groups is 2. The van der Waals surface area contributed by atoms with Crippen LogP contribution in [-0.2, 0) is 4.79 Å². The lowest BCUT2D eigenvalue weighted by molar-refractivity contribution is -0.120. The minimum Gasteiger partial charge on any atom is -0.398 e. The second kappa shape index (κ2) is 5.30. The lowest BCUT2D eigenvalue weighted by Crippen LogP contribution is -2.38. The van der Waals surface area contributed by atoms with E-state index in [0.29, 0.717) is 17.3 Å². The van der Waals surface area contributed by atoms with E-state index in [-0.39, 0.29) is 18.4 Å². The van der Waals surface area contributed by atoms with Gasteiger partial charge < -0.3 is 16.4 Å². The first-order chi connectivity index (χ1) is 8.97. The highest BCUT2D eigenvalue weighted by Gasteiger charge is 2.23. The summed E-state index contributed by atoms with van der Waals surface area (Å²) < 4.78 is 0. The molecule has 0 spiro atoms. The number of carbonyl (C=O) groups excluding carboxylic acids is 2. The molecule has 0 atom stereocenters. The van der Waals surface area contributed by atoms with Crippen molar-refractivity contribution in [1.29, 1.82) is 0 Å². The summed E-state index contributed by atoms with van der Waals surface area (Å²) >= 11 is 0. The summed E-state index contributed by atoms with van der Waals surface area (Å²) in [6.45, 7) is 3.75. The molecule has 0 saturated heterocycles. The van der Waals surface area contributed by atoms with E-state index in [9.17, 15) is 9.59 Å². The van der Waals surface area contributed by atoms with E-state index in [1.165, 1.54) is 0 Å². The lowest BCUT2D eigenvalue weighted by Gasteiger charge is -2.10. The van der Waals surface area contributed by atoms with Crippen molar-refractivity contribution < 1.29 is 9.59 Å². The van der Waals surface area contributed by atoms with Crippen molar-refractivity contribution in [3.05, 3.63) is 28.8 Å². The van der Waals surface area contributed by atoms with Gasteiger partial charge in [-0.2, -0.15) is 0 Å². The summed E-state index contributed by atoms with van der Waals surface area (Å²) in [5.74, 6) is -0.413. The topological polar surface area (TPSA) is 84.2 Å². The van der Waals surface area contributed by atoms with Crippen LogP contribution in [0.4, 0.5) is 5.69 Å². The molecule has 5 heteroatoms. The number of anilines is 1. The van der Waals surface area contributed by atoms with Crippen LogP contribution in [0.3, 0.4) is 0 Å². The summed E-state index contributed by atoms with van der Waals surface area (Å²) in [6, 6.07) is 3.83. The Morgan fingerprint density at radius 1 is 1.26 bits per heavy atom. The van der Waals surface area contributed by atoms with Crippen molar-refractivity contribution in [2.75, 3.05) is 12.3 Å². The van der Waals surface area contributed by atoms with Gasteiger partial charge in [-0.05, 0) is 43.9 Å². The van der Waals surface area contributed by atoms with Crippen molar-refractivity contribution in [3.8, 4) is 0 Å². The Morgan fingerprint density at radius 3 is 2.58 bits per heavy atom. The summed E-state index contributed by atoms with van der Waals surface area (Å²) in [5, 5.41) is 5.43. The van der Waals surface area contributed by atoms with E-state index in [2.05, 4.69) is 10.6 Å². The maximum atomic E-state index is 12.0. The van der Waals surface area contributed by atoms with E-state index in [1.807, 2.05) is 19.9 Å². The number of nitrogens with two attached hydrogens (primary N) is 1. The van der Waals surface area contributed by atoms with E-state index in [4.69, 9.17) is 5.73 Å². The predicted octanol–water partition coefficient (Wildman–Crippen LogP) is 0.894. The third-order valence-electron chi connectivity index (χ3n) is 3.21. The molecule has 1 saturated carbocycles. The van der Waals surface area contributed by atoms with Crippen molar-refractivity contribution in [2.45, 2.75) is 32.7 Å². The first-order valence-corrected chi connectivity index (χ1v) is 6.41. The number of hydrogen-bond donors (Lipinski definition) is 3. The zero-order chi connectivity index (χ0) is 14.0. The van der Waals surface area contributed by atoms with Crippen molar-refractivity contribution in [3.63, 3.8) is 0 Å². The largest absolute Gasteiger partial charge is 0.398 e. The molecule has 0 bridgehead atoms. The molecular weight excluding hydrogens is 242 g/mol. The van der Waals surface area contributed by atoms with Crippen LogP contribution < -0.4 is 16.4 Å². The Morgan fingerprint density at radius 2 is 1.95 bits per heavy atom. The van der Waals surface area contributed by atoms with Crippen LogP contribution in [0.15, 0.2) is 12.1 Å². The second-order valence-electron chi connectivity index (χ2n) is 5.05. The number of amides is 2. The Balaban J connectivity index is 1.95. The summed E-state index contributed by atoms with van der Waals surface area (Å²) in [7, 11) is 0. The van der Waals surface area contributed by atoms with Crippen LogP contribution >= 0.6 is 0 Å². The first kappa shape index (κ1) is 13.4. The van der Waals surface area contributed by atoms with Gasteiger partial charge in [0, 0.05) is 17.3 Å². The zero-order valence-electron chi connectivity index (χ0n) is 11.2. The molecule has 5 nitrogen and oxygen atoms in total. The summed E-state index contributed by atoms with van der Waals surface area (Å²) in [5.41, 5.74) is 8.69. The molecule has 2 rings (SSSR count). The quantitative estimate of drug-likeness (QED) is 0.704. The van der Waals surface area contributed by atoms with Gasteiger partial charge in [0.2, 0.25) is 5.91 Å². The molecule has 0 radical (unpaired) electrons. The maximum Gasteiger partial charge on any atom is 0.252 e. The molecule has 102 valence electrons. The van der Waals surface area contributed by atoms with Crippen LogP contribution in [0.5, 0.6) is 0 Å². The fourth-order valence-electron chi connectivity index (χ4n) is 1.88. The minimum absolute atomic E-state index is 0.00253. The number of nitrogens with one attached hydrogen (secondary N) is 2. The number of nitrogen functional groups attached to an aromatic ring is 1. The highest BCUT2D eigenvalue weighted by molar-refractivity contribution is 5.98. The van der Waals surface area contributed by atoms with Crippen molar-refractivity contribution in [2.24, 2.45) is 0 Å². The van der Waals surface area contributed by atoms with Gasteiger partial charge in [-0.15, -0.1) is 0 Å². The summed E-state index contributed by atoms with van der Waals surface area (Å²) in [6.07, 6.45) is 2.07.